The molecule has 110 valence electrons. The van der Waals surface area contributed by atoms with Crippen LogP contribution in [-0.2, 0) is 0 Å². The number of nitrogens with one attached hydrogen (secondary N) is 3. The molecule has 1 heterocycles. The van der Waals surface area contributed by atoms with E-state index in [1.807, 2.05) is 50.8 Å². The lowest BCUT2D eigenvalue weighted by molar-refractivity contribution is 1.06. The topological polar surface area (TPSA) is 52.7 Å². The zero-order valence-electron chi connectivity index (χ0n) is 12.6. The molecule has 0 aliphatic carbocycles. The summed E-state index contributed by atoms with van der Waals surface area (Å²) in [5, 5.41) is 13.3. The van der Waals surface area contributed by atoms with Crippen molar-refractivity contribution in [1.29, 1.82) is 0 Å². The van der Waals surface area contributed by atoms with E-state index in [1.165, 1.54) is 0 Å². The van der Waals surface area contributed by atoms with Crippen LogP contribution in [-0.4, -0.2) is 24.3 Å². The Bertz CT molecular complexity index is 535. The van der Waals surface area contributed by atoms with Gasteiger partial charge in [0.05, 0.1) is 11.9 Å². The van der Waals surface area contributed by atoms with E-state index in [4.69, 9.17) is 0 Å². The fraction of sp³-hybridized carbons (Fsp3) is 0.118. The Hall–Kier alpha value is -2.75. The lowest BCUT2D eigenvalue weighted by atomic mass is 10.0. The van der Waals surface area contributed by atoms with Crippen LogP contribution in [0.2, 0.25) is 0 Å². The van der Waals surface area contributed by atoms with Gasteiger partial charge in [-0.2, -0.15) is 5.10 Å². The van der Waals surface area contributed by atoms with Crippen LogP contribution < -0.4 is 10.6 Å². The summed E-state index contributed by atoms with van der Waals surface area (Å²) >= 11 is 0. The van der Waals surface area contributed by atoms with Gasteiger partial charge in [-0.1, -0.05) is 49.6 Å². The summed E-state index contributed by atoms with van der Waals surface area (Å²) in [6.45, 7) is 7.40. The minimum absolute atomic E-state index is 0.928. The first-order valence-corrected chi connectivity index (χ1v) is 6.65. The maximum absolute atomic E-state index is 4.16. The van der Waals surface area contributed by atoms with Gasteiger partial charge in [0.1, 0.15) is 0 Å². The number of allylic oxidation sites excluding steroid dienone is 8. The van der Waals surface area contributed by atoms with E-state index in [1.54, 1.807) is 18.3 Å². The van der Waals surface area contributed by atoms with Crippen LogP contribution in [0.4, 0.5) is 0 Å². The van der Waals surface area contributed by atoms with Crippen molar-refractivity contribution in [2.24, 2.45) is 0 Å². The summed E-state index contributed by atoms with van der Waals surface area (Å²) < 4.78 is 0. The van der Waals surface area contributed by atoms with Crippen LogP contribution in [0.3, 0.4) is 0 Å². The first-order valence-electron chi connectivity index (χ1n) is 6.65. The van der Waals surface area contributed by atoms with Gasteiger partial charge in [0.2, 0.25) is 0 Å². The first kappa shape index (κ1) is 16.3. The summed E-state index contributed by atoms with van der Waals surface area (Å²) in [7, 11) is 3.73. The second kappa shape index (κ2) is 9.20. The van der Waals surface area contributed by atoms with Gasteiger partial charge in [-0.3, -0.25) is 5.10 Å². The van der Waals surface area contributed by atoms with Crippen LogP contribution in [0.15, 0.2) is 68.2 Å². The summed E-state index contributed by atoms with van der Waals surface area (Å²) in [5.41, 5.74) is 3.92. The molecule has 0 saturated heterocycles. The Balaban J connectivity index is 3.30. The first-order chi connectivity index (χ1) is 10.3. The minimum Gasteiger partial charge on any atom is -0.393 e. The number of aromatic amines is 1. The zero-order chi connectivity index (χ0) is 15.5. The highest BCUT2D eigenvalue weighted by Crippen LogP contribution is 2.24. The molecule has 0 aliphatic heterocycles. The Morgan fingerprint density at radius 3 is 2.19 bits per heavy atom. The van der Waals surface area contributed by atoms with Gasteiger partial charge >= 0.3 is 0 Å². The van der Waals surface area contributed by atoms with Gasteiger partial charge < -0.3 is 10.6 Å². The highest BCUT2D eigenvalue weighted by atomic mass is 15.1. The molecule has 0 unspecified atom stereocenters. The van der Waals surface area contributed by atoms with E-state index in [0.29, 0.717) is 0 Å². The molecule has 21 heavy (non-hydrogen) atoms. The third-order valence-electron chi connectivity index (χ3n) is 2.66. The SMILES string of the molecule is C=C/C=C\C(=C/NC)c1cn[nH]c1C(/C=C\C=C)=C/NC. The van der Waals surface area contributed by atoms with E-state index < -0.39 is 0 Å². The van der Waals surface area contributed by atoms with E-state index in [9.17, 15) is 0 Å². The van der Waals surface area contributed by atoms with Crippen molar-refractivity contribution in [2.45, 2.75) is 0 Å². The number of hydrogen-bond acceptors (Lipinski definition) is 3. The van der Waals surface area contributed by atoms with Gasteiger partial charge in [-0.25, -0.2) is 0 Å². The third kappa shape index (κ3) is 4.69. The van der Waals surface area contributed by atoms with Crippen molar-refractivity contribution < 1.29 is 0 Å². The lowest BCUT2D eigenvalue weighted by Gasteiger charge is -2.06. The predicted octanol–water partition coefficient (Wildman–Crippen LogP) is 3.01. The molecule has 4 heteroatoms. The standard InChI is InChI=1S/C17H22N4/c1-5-7-9-14(11-18-3)16-13-20-21-17(16)15(12-19-4)10-8-6-2/h5-13,18-19H,1-2H2,3-4H3,(H,20,21)/b9-7-,10-8-,14-11+,15-12+. The van der Waals surface area contributed by atoms with Gasteiger partial charge in [0, 0.05) is 43.2 Å². The normalized spacial score (nSPS) is 12.9. The summed E-state index contributed by atoms with van der Waals surface area (Å²) in [5.74, 6) is 0. The van der Waals surface area contributed by atoms with E-state index >= 15 is 0 Å². The summed E-state index contributed by atoms with van der Waals surface area (Å²) in [6.07, 6.45) is 16.8. The molecule has 0 saturated carbocycles. The maximum Gasteiger partial charge on any atom is 0.0743 e. The molecular formula is C17H22N4. The highest BCUT2D eigenvalue weighted by molar-refractivity contribution is 5.84. The average molecular weight is 282 g/mol. The molecule has 0 atom stereocenters. The molecule has 0 radical (unpaired) electrons. The molecule has 1 aromatic rings. The van der Waals surface area contributed by atoms with Gasteiger partial charge in [-0.05, 0) is 0 Å². The molecule has 0 amide bonds. The van der Waals surface area contributed by atoms with Crippen LogP contribution in [0.1, 0.15) is 11.3 Å². The molecule has 4 nitrogen and oxygen atoms in total. The zero-order valence-corrected chi connectivity index (χ0v) is 12.6. The monoisotopic (exact) mass is 282 g/mol. The Morgan fingerprint density at radius 1 is 1.05 bits per heavy atom. The molecule has 0 fully saturated rings. The Kier molecular flexibility index (Phi) is 7.14. The quantitative estimate of drug-likeness (QED) is 0.642. The third-order valence-corrected chi connectivity index (χ3v) is 2.66. The second-order valence-electron chi connectivity index (χ2n) is 4.13. The van der Waals surface area contributed by atoms with Crippen LogP contribution in [0.25, 0.3) is 11.1 Å². The molecule has 0 bridgehead atoms. The smallest absolute Gasteiger partial charge is 0.0743 e. The Labute approximate surface area is 126 Å². The number of nitrogens with zero attached hydrogens (tertiary/aromatic N) is 1. The van der Waals surface area contributed by atoms with E-state index in [-0.39, 0.29) is 0 Å². The molecule has 0 aliphatic rings. The molecule has 0 spiro atoms. The fourth-order valence-corrected chi connectivity index (χ4v) is 1.80. The number of H-pyrrole nitrogens is 1. The largest absolute Gasteiger partial charge is 0.393 e. The molecular weight excluding hydrogens is 260 g/mol. The number of hydrogen-bond donors (Lipinski definition) is 3. The van der Waals surface area contributed by atoms with Crippen LogP contribution >= 0.6 is 0 Å². The molecule has 3 N–H and O–H groups in total. The van der Waals surface area contributed by atoms with E-state index in [2.05, 4.69) is 34.0 Å². The van der Waals surface area contributed by atoms with Crippen molar-refractivity contribution in [1.82, 2.24) is 20.8 Å². The molecule has 1 aromatic heterocycles. The number of aromatic nitrogens is 2. The van der Waals surface area contributed by atoms with Crippen molar-refractivity contribution in [3.8, 4) is 0 Å². The molecule has 0 aromatic carbocycles. The average Bonchev–Trinajstić information content (AvgIpc) is 2.97. The van der Waals surface area contributed by atoms with Crippen molar-refractivity contribution >= 4 is 11.1 Å². The second-order valence-corrected chi connectivity index (χ2v) is 4.13. The number of rotatable bonds is 8. The highest BCUT2D eigenvalue weighted by Gasteiger charge is 2.10. The van der Waals surface area contributed by atoms with Crippen LogP contribution in [0, 0.1) is 0 Å². The predicted molar refractivity (Wildman–Crippen MR) is 91.3 cm³/mol. The Morgan fingerprint density at radius 2 is 1.62 bits per heavy atom. The lowest BCUT2D eigenvalue weighted by Crippen LogP contribution is -1.99. The minimum atomic E-state index is 0.928. The molecule has 1 rings (SSSR count). The van der Waals surface area contributed by atoms with E-state index in [0.717, 1.165) is 22.4 Å². The summed E-state index contributed by atoms with van der Waals surface area (Å²) in [6, 6.07) is 0. The van der Waals surface area contributed by atoms with Gasteiger partial charge in [0.15, 0.2) is 0 Å². The van der Waals surface area contributed by atoms with Crippen LogP contribution in [0.5, 0.6) is 0 Å². The van der Waals surface area contributed by atoms with Crippen molar-refractivity contribution in [2.75, 3.05) is 14.1 Å². The van der Waals surface area contributed by atoms with Gasteiger partial charge in [-0.15, -0.1) is 0 Å². The fourth-order valence-electron chi connectivity index (χ4n) is 1.80. The maximum atomic E-state index is 4.16. The summed E-state index contributed by atoms with van der Waals surface area (Å²) in [4.78, 5) is 0. The van der Waals surface area contributed by atoms with Gasteiger partial charge in [0.25, 0.3) is 0 Å². The van der Waals surface area contributed by atoms with Crippen molar-refractivity contribution in [3.05, 3.63) is 79.5 Å². The van der Waals surface area contributed by atoms with Crippen molar-refractivity contribution in [3.63, 3.8) is 0 Å².